The Kier molecular flexibility index (Phi) is 4.29. The first-order valence-electron chi connectivity index (χ1n) is 8.31. The van der Waals surface area contributed by atoms with Crippen LogP contribution in [0.5, 0.6) is 0 Å². The number of nitrogens with one attached hydrogen (secondary N) is 1. The summed E-state index contributed by atoms with van der Waals surface area (Å²) in [5.41, 5.74) is 1.47. The summed E-state index contributed by atoms with van der Waals surface area (Å²) in [6, 6.07) is 0. The predicted octanol–water partition coefficient (Wildman–Crippen LogP) is 2.61. The predicted molar refractivity (Wildman–Crippen MR) is 94.2 cm³/mol. The number of aromatic nitrogens is 2. The van der Waals surface area contributed by atoms with Crippen LogP contribution in [0.2, 0.25) is 0 Å². The van der Waals surface area contributed by atoms with Crippen molar-refractivity contribution in [1.29, 1.82) is 0 Å². The first-order chi connectivity index (χ1) is 11.3. The molecule has 3 heterocycles. The van der Waals surface area contributed by atoms with E-state index in [0.717, 1.165) is 62.3 Å². The first kappa shape index (κ1) is 15.1. The van der Waals surface area contributed by atoms with Gasteiger partial charge in [-0.05, 0) is 24.8 Å². The molecule has 2 aromatic rings. The zero-order valence-electron chi connectivity index (χ0n) is 13.3. The van der Waals surface area contributed by atoms with Gasteiger partial charge in [0, 0.05) is 24.5 Å². The van der Waals surface area contributed by atoms with Crippen molar-refractivity contribution < 1.29 is 4.74 Å². The molecule has 1 aliphatic carbocycles. The maximum Gasteiger partial charge on any atom is 0.146 e. The highest BCUT2D eigenvalue weighted by Crippen LogP contribution is 2.39. The Balaban J connectivity index is 1.69. The molecule has 0 atom stereocenters. The second-order valence-corrected chi connectivity index (χ2v) is 7.17. The van der Waals surface area contributed by atoms with Crippen molar-refractivity contribution in [3.05, 3.63) is 28.9 Å². The third kappa shape index (κ3) is 2.98. The lowest BCUT2D eigenvalue weighted by atomic mass is 10.2. The molecule has 0 spiro atoms. The Hall–Kier alpha value is -1.50. The maximum absolute atomic E-state index is 5.42. The average molecular weight is 330 g/mol. The van der Waals surface area contributed by atoms with Crippen LogP contribution in [0.15, 0.2) is 12.7 Å². The maximum atomic E-state index is 5.42. The minimum absolute atomic E-state index is 0.730. The van der Waals surface area contributed by atoms with Crippen molar-refractivity contribution in [2.45, 2.75) is 25.8 Å². The SMILES string of the molecule is C=CCNc1nc(CN2CCOCC2)nc2sc3c(c12)CCC3. The van der Waals surface area contributed by atoms with Crippen LogP contribution in [-0.2, 0) is 24.1 Å². The van der Waals surface area contributed by atoms with Gasteiger partial charge in [-0.25, -0.2) is 9.97 Å². The molecule has 1 N–H and O–H groups in total. The standard InChI is InChI=1S/C17H22N4OS/c1-2-6-18-16-15-12-4-3-5-13(12)23-17(15)20-14(19-16)11-21-7-9-22-10-8-21/h2H,1,3-11H2,(H,18,19,20). The molecule has 23 heavy (non-hydrogen) atoms. The molecule has 1 saturated heterocycles. The number of morpholine rings is 1. The van der Waals surface area contributed by atoms with Crippen molar-refractivity contribution in [2.24, 2.45) is 0 Å². The fourth-order valence-electron chi connectivity index (χ4n) is 3.37. The Morgan fingerprint density at radius 1 is 1.26 bits per heavy atom. The number of thiophene rings is 1. The van der Waals surface area contributed by atoms with Crippen molar-refractivity contribution in [3.63, 3.8) is 0 Å². The van der Waals surface area contributed by atoms with Crippen LogP contribution in [0.1, 0.15) is 22.7 Å². The molecule has 2 aliphatic rings. The summed E-state index contributed by atoms with van der Waals surface area (Å²) < 4.78 is 5.42. The van der Waals surface area contributed by atoms with E-state index < -0.39 is 0 Å². The van der Waals surface area contributed by atoms with E-state index in [2.05, 4.69) is 16.8 Å². The molecule has 0 amide bonds. The van der Waals surface area contributed by atoms with Gasteiger partial charge in [-0.2, -0.15) is 0 Å². The zero-order valence-corrected chi connectivity index (χ0v) is 14.1. The third-order valence-electron chi connectivity index (χ3n) is 4.49. The number of nitrogens with zero attached hydrogens (tertiary/aromatic N) is 3. The highest BCUT2D eigenvalue weighted by atomic mass is 32.1. The summed E-state index contributed by atoms with van der Waals surface area (Å²) in [4.78, 5) is 14.7. The largest absolute Gasteiger partial charge is 0.379 e. The quantitative estimate of drug-likeness (QED) is 0.854. The van der Waals surface area contributed by atoms with Crippen molar-refractivity contribution >= 4 is 27.4 Å². The van der Waals surface area contributed by atoms with Crippen molar-refractivity contribution in [1.82, 2.24) is 14.9 Å². The molecule has 0 aromatic carbocycles. The van der Waals surface area contributed by atoms with Crippen molar-refractivity contribution in [2.75, 3.05) is 38.2 Å². The summed E-state index contributed by atoms with van der Waals surface area (Å²) in [6.45, 7) is 8.85. The van der Waals surface area contributed by atoms with E-state index in [1.807, 2.05) is 17.4 Å². The number of hydrogen-bond acceptors (Lipinski definition) is 6. The van der Waals surface area contributed by atoms with Crippen molar-refractivity contribution in [3.8, 4) is 0 Å². The van der Waals surface area contributed by atoms with Crippen LogP contribution < -0.4 is 5.32 Å². The zero-order chi connectivity index (χ0) is 15.6. The van der Waals surface area contributed by atoms with Gasteiger partial charge in [-0.1, -0.05) is 6.08 Å². The Bertz CT molecular complexity index is 721. The number of fused-ring (bicyclic) bond motifs is 3. The van der Waals surface area contributed by atoms with Gasteiger partial charge in [0.1, 0.15) is 16.5 Å². The third-order valence-corrected chi connectivity index (χ3v) is 5.68. The van der Waals surface area contributed by atoms with Gasteiger partial charge in [0.15, 0.2) is 0 Å². The second kappa shape index (κ2) is 6.55. The van der Waals surface area contributed by atoms with Gasteiger partial charge >= 0.3 is 0 Å². The highest BCUT2D eigenvalue weighted by Gasteiger charge is 2.23. The molecule has 122 valence electrons. The molecular weight excluding hydrogens is 308 g/mol. The number of rotatable bonds is 5. The van der Waals surface area contributed by atoms with Gasteiger partial charge in [0.25, 0.3) is 0 Å². The summed E-state index contributed by atoms with van der Waals surface area (Å²) in [6.07, 6.45) is 5.48. The lowest BCUT2D eigenvalue weighted by molar-refractivity contribution is 0.0331. The lowest BCUT2D eigenvalue weighted by Crippen LogP contribution is -2.36. The first-order valence-corrected chi connectivity index (χ1v) is 9.13. The summed E-state index contributed by atoms with van der Waals surface area (Å²) in [5, 5.41) is 4.67. The van der Waals surface area contributed by atoms with E-state index in [0.29, 0.717) is 0 Å². The van der Waals surface area contributed by atoms with E-state index in [1.165, 1.54) is 28.7 Å². The Labute approximate surface area is 140 Å². The van der Waals surface area contributed by atoms with Gasteiger partial charge in [0.05, 0.1) is 25.1 Å². The highest BCUT2D eigenvalue weighted by molar-refractivity contribution is 7.19. The second-order valence-electron chi connectivity index (χ2n) is 6.08. The molecule has 0 unspecified atom stereocenters. The van der Waals surface area contributed by atoms with E-state index >= 15 is 0 Å². The normalized spacial score (nSPS) is 18.3. The molecule has 6 heteroatoms. The summed E-state index contributed by atoms with van der Waals surface area (Å²) in [7, 11) is 0. The monoisotopic (exact) mass is 330 g/mol. The number of ether oxygens (including phenoxy) is 1. The number of hydrogen-bond donors (Lipinski definition) is 1. The van der Waals surface area contributed by atoms with E-state index in [-0.39, 0.29) is 0 Å². The van der Waals surface area contributed by atoms with E-state index in [4.69, 9.17) is 14.7 Å². The molecule has 1 aliphatic heterocycles. The summed E-state index contributed by atoms with van der Waals surface area (Å²) in [5.74, 6) is 1.89. The smallest absolute Gasteiger partial charge is 0.146 e. The van der Waals surface area contributed by atoms with Crippen LogP contribution in [0.3, 0.4) is 0 Å². The fraction of sp³-hybridized carbons (Fsp3) is 0.529. The average Bonchev–Trinajstić information content (AvgIpc) is 3.14. The molecule has 2 aromatic heterocycles. The minimum Gasteiger partial charge on any atom is -0.379 e. The fourth-order valence-corrected chi connectivity index (χ4v) is 4.65. The van der Waals surface area contributed by atoms with E-state index in [9.17, 15) is 0 Å². The van der Waals surface area contributed by atoms with Crippen LogP contribution in [-0.4, -0.2) is 47.7 Å². The molecule has 0 radical (unpaired) electrons. The van der Waals surface area contributed by atoms with E-state index in [1.54, 1.807) is 0 Å². The number of anilines is 1. The minimum atomic E-state index is 0.730. The molecule has 1 fully saturated rings. The van der Waals surface area contributed by atoms with Crippen LogP contribution in [0, 0.1) is 0 Å². The molecular formula is C17H22N4OS. The lowest BCUT2D eigenvalue weighted by Gasteiger charge is -2.25. The topological polar surface area (TPSA) is 50.3 Å². The van der Waals surface area contributed by atoms with Crippen LogP contribution >= 0.6 is 11.3 Å². The molecule has 0 saturated carbocycles. The van der Waals surface area contributed by atoms with Gasteiger partial charge in [0.2, 0.25) is 0 Å². The summed E-state index contributed by atoms with van der Waals surface area (Å²) >= 11 is 1.85. The Morgan fingerprint density at radius 3 is 2.96 bits per heavy atom. The van der Waals surface area contributed by atoms with Crippen LogP contribution in [0.25, 0.3) is 10.2 Å². The van der Waals surface area contributed by atoms with Crippen LogP contribution in [0.4, 0.5) is 5.82 Å². The molecule has 0 bridgehead atoms. The van der Waals surface area contributed by atoms with Gasteiger partial charge in [-0.3, -0.25) is 4.90 Å². The number of aryl methyl sites for hydroxylation is 2. The molecule has 4 rings (SSSR count). The van der Waals surface area contributed by atoms with Gasteiger partial charge in [-0.15, -0.1) is 17.9 Å². The van der Waals surface area contributed by atoms with Gasteiger partial charge < -0.3 is 10.1 Å². The Morgan fingerprint density at radius 2 is 2.13 bits per heavy atom. The molecule has 5 nitrogen and oxygen atoms in total.